The van der Waals surface area contributed by atoms with Crippen LogP contribution < -0.4 is 19.1 Å². The zero-order chi connectivity index (χ0) is 28.2. The van der Waals surface area contributed by atoms with E-state index in [9.17, 15) is 13.2 Å². The number of hydrogen-bond acceptors (Lipinski definition) is 5. The number of carbonyl (C=O) groups excluding carboxylic acids is 1. The van der Waals surface area contributed by atoms with E-state index in [4.69, 9.17) is 9.47 Å². The van der Waals surface area contributed by atoms with E-state index in [0.717, 1.165) is 29.5 Å². The molecule has 1 amide bonds. The number of anilines is 1. The van der Waals surface area contributed by atoms with E-state index in [2.05, 4.69) is 23.5 Å². The highest BCUT2D eigenvalue weighted by molar-refractivity contribution is 7.92. The Kier molecular flexibility index (Phi) is 8.85. The lowest BCUT2D eigenvalue weighted by molar-refractivity contribution is -0.120. The number of amides is 1. The SMILES string of the molecule is CC[C@H](NC(=O)CN(c1cc(C)cc(C)c1)S(=O)(=O)c1ccc(OC)c(OC)c1)c1ccc2c(c1)CCCC2. The molecule has 0 aromatic heterocycles. The number of methoxy groups -OCH3 is 2. The summed E-state index contributed by atoms with van der Waals surface area (Å²) in [7, 11) is -1.18. The molecule has 3 aromatic rings. The van der Waals surface area contributed by atoms with Gasteiger partial charge in [-0.15, -0.1) is 0 Å². The van der Waals surface area contributed by atoms with E-state index in [1.807, 2.05) is 26.8 Å². The van der Waals surface area contributed by atoms with Crippen LogP contribution >= 0.6 is 0 Å². The number of nitrogens with one attached hydrogen (secondary N) is 1. The summed E-state index contributed by atoms with van der Waals surface area (Å²) in [6.45, 7) is 5.47. The number of rotatable bonds is 10. The van der Waals surface area contributed by atoms with Gasteiger partial charge >= 0.3 is 0 Å². The predicted molar refractivity (Wildman–Crippen MR) is 154 cm³/mol. The van der Waals surface area contributed by atoms with Crippen molar-refractivity contribution < 1.29 is 22.7 Å². The number of nitrogens with zero attached hydrogens (tertiary/aromatic N) is 1. The van der Waals surface area contributed by atoms with Crippen molar-refractivity contribution >= 4 is 21.6 Å². The molecule has 3 aromatic carbocycles. The number of fused-ring (bicyclic) bond motifs is 1. The van der Waals surface area contributed by atoms with Crippen LogP contribution in [0.25, 0.3) is 0 Å². The maximum atomic E-state index is 14.0. The van der Waals surface area contributed by atoms with Crippen LogP contribution in [0.15, 0.2) is 59.5 Å². The first-order valence-corrected chi connectivity index (χ1v) is 14.8. The molecule has 39 heavy (non-hydrogen) atoms. The highest BCUT2D eigenvalue weighted by atomic mass is 32.2. The molecule has 1 N–H and O–H groups in total. The predicted octanol–water partition coefficient (Wildman–Crippen LogP) is 5.66. The van der Waals surface area contributed by atoms with Crippen molar-refractivity contribution in [1.82, 2.24) is 5.32 Å². The quantitative estimate of drug-likeness (QED) is 0.352. The zero-order valence-electron chi connectivity index (χ0n) is 23.4. The molecule has 7 nitrogen and oxygen atoms in total. The number of sulfonamides is 1. The van der Waals surface area contributed by atoms with Gasteiger partial charge in [0.1, 0.15) is 6.54 Å². The fourth-order valence-corrected chi connectivity index (χ4v) is 6.70. The van der Waals surface area contributed by atoms with Gasteiger partial charge in [-0.25, -0.2) is 8.42 Å². The molecule has 0 bridgehead atoms. The second-order valence-electron chi connectivity index (χ2n) is 10.1. The number of ether oxygens (including phenoxy) is 2. The molecular weight excluding hydrogens is 512 g/mol. The van der Waals surface area contributed by atoms with Crippen molar-refractivity contribution in [2.45, 2.75) is 63.8 Å². The summed E-state index contributed by atoms with van der Waals surface area (Å²) in [5, 5.41) is 3.09. The third-order valence-electron chi connectivity index (χ3n) is 7.24. The lowest BCUT2D eigenvalue weighted by Gasteiger charge is -2.27. The topological polar surface area (TPSA) is 84.9 Å². The molecule has 0 fully saturated rings. The van der Waals surface area contributed by atoms with Gasteiger partial charge in [0.05, 0.1) is 30.8 Å². The average Bonchev–Trinajstić information content (AvgIpc) is 2.93. The van der Waals surface area contributed by atoms with Crippen LogP contribution in [0.4, 0.5) is 5.69 Å². The van der Waals surface area contributed by atoms with Gasteiger partial charge in [0, 0.05) is 6.07 Å². The van der Waals surface area contributed by atoms with Crippen molar-refractivity contribution in [1.29, 1.82) is 0 Å². The zero-order valence-corrected chi connectivity index (χ0v) is 24.2. The summed E-state index contributed by atoms with van der Waals surface area (Å²) in [5.41, 5.74) is 6.01. The summed E-state index contributed by atoms with van der Waals surface area (Å²) >= 11 is 0. The average molecular weight is 551 g/mol. The lowest BCUT2D eigenvalue weighted by Crippen LogP contribution is -2.42. The summed E-state index contributed by atoms with van der Waals surface area (Å²) < 4.78 is 39.8. The van der Waals surface area contributed by atoms with Gasteiger partial charge in [0.2, 0.25) is 5.91 Å². The molecule has 208 valence electrons. The molecule has 4 rings (SSSR count). The van der Waals surface area contributed by atoms with E-state index in [1.165, 1.54) is 54.6 Å². The maximum absolute atomic E-state index is 14.0. The molecule has 1 aliphatic rings. The summed E-state index contributed by atoms with van der Waals surface area (Å²) in [6.07, 6.45) is 5.23. The highest BCUT2D eigenvalue weighted by Crippen LogP contribution is 2.33. The minimum atomic E-state index is -4.12. The van der Waals surface area contributed by atoms with Gasteiger partial charge in [-0.1, -0.05) is 31.2 Å². The first-order valence-electron chi connectivity index (χ1n) is 13.4. The fraction of sp³-hybridized carbons (Fsp3) is 0.387. The Hall–Kier alpha value is -3.52. The fourth-order valence-electron chi connectivity index (χ4n) is 5.28. The second-order valence-corrected chi connectivity index (χ2v) is 12.0. The Labute approximate surface area is 232 Å². The Morgan fingerprint density at radius 3 is 2.21 bits per heavy atom. The summed E-state index contributed by atoms with van der Waals surface area (Å²) in [4.78, 5) is 13.5. The van der Waals surface area contributed by atoms with Gasteiger partial charge in [-0.3, -0.25) is 9.10 Å². The van der Waals surface area contributed by atoms with Gasteiger partial charge in [-0.2, -0.15) is 0 Å². The smallest absolute Gasteiger partial charge is 0.264 e. The highest BCUT2D eigenvalue weighted by Gasteiger charge is 2.29. The Morgan fingerprint density at radius 1 is 0.897 bits per heavy atom. The molecule has 0 saturated carbocycles. The minimum absolute atomic E-state index is 0.00818. The van der Waals surface area contributed by atoms with Crippen LogP contribution in [0.1, 0.15) is 60.0 Å². The van der Waals surface area contributed by atoms with Crippen LogP contribution in [0, 0.1) is 13.8 Å². The monoisotopic (exact) mass is 550 g/mol. The van der Waals surface area contributed by atoms with Crippen LogP contribution in [0.5, 0.6) is 11.5 Å². The lowest BCUT2D eigenvalue weighted by atomic mass is 9.89. The molecular formula is C31H38N2O5S. The molecule has 0 unspecified atom stereocenters. The molecule has 0 radical (unpaired) electrons. The Bertz CT molecular complexity index is 1430. The van der Waals surface area contributed by atoms with Crippen molar-refractivity contribution in [3.63, 3.8) is 0 Å². The molecule has 0 heterocycles. The molecule has 1 atom stereocenters. The van der Waals surface area contributed by atoms with Crippen LogP contribution in [-0.4, -0.2) is 35.1 Å². The number of benzene rings is 3. The molecule has 1 aliphatic carbocycles. The second kappa shape index (κ2) is 12.1. The summed E-state index contributed by atoms with van der Waals surface area (Å²) in [5.74, 6) is 0.340. The first kappa shape index (κ1) is 28.5. The minimum Gasteiger partial charge on any atom is -0.493 e. The largest absolute Gasteiger partial charge is 0.493 e. The van der Waals surface area contributed by atoms with E-state index < -0.39 is 10.0 Å². The van der Waals surface area contributed by atoms with Gasteiger partial charge in [0.15, 0.2) is 11.5 Å². The molecule has 8 heteroatoms. The first-order chi connectivity index (χ1) is 18.7. The van der Waals surface area contributed by atoms with E-state index in [0.29, 0.717) is 23.6 Å². The van der Waals surface area contributed by atoms with Crippen molar-refractivity contribution in [2.75, 3.05) is 25.1 Å². The van der Waals surface area contributed by atoms with Crippen LogP contribution in [0.3, 0.4) is 0 Å². The molecule has 0 spiro atoms. The van der Waals surface area contributed by atoms with Crippen molar-refractivity contribution in [2.24, 2.45) is 0 Å². The number of carbonyl (C=O) groups is 1. The van der Waals surface area contributed by atoms with Gasteiger partial charge < -0.3 is 14.8 Å². The number of hydrogen-bond donors (Lipinski definition) is 1. The van der Waals surface area contributed by atoms with Crippen LogP contribution in [-0.2, 0) is 27.7 Å². The van der Waals surface area contributed by atoms with Gasteiger partial charge in [-0.05, 0) is 98.0 Å². The van der Waals surface area contributed by atoms with E-state index in [1.54, 1.807) is 18.2 Å². The van der Waals surface area contributed by atoms with E-state index in [-0.39, 0.29) is 23.4 Å². The van der Waals surface area contributed by atoms with E-state index >= 15 is 0 Å². The van der Waals surface area contributed by atoms with Crippen LogP contribution in [0.2, 0.25) is 0 Å². The van der Waals surface area contributed by atoms with Gasteiger partial charge in [0.25, 0.3) is 10.0 Å². The Balaban J connectivity index is 1.66. The Morgan fingerprint density at radius 2 is 1.56 bits per heavy atom. The maximum Gasteiger partial charge on any atom is 0.264 e. The van der Waals surface area contributed by atoms with Crippen molar-refractivity contribution in [3.05, 3.63) is 82.4 Å². The molecule has 0 saturated heterocycles. The summed E-state index contributed by atoms with van der Waals surface area (Å²) in [6, 6.07) is 16.2. The number of aryl methyl sites for hydroxylation is 4. The normalized spacial score (nSPS) is 13.8. The third kappa shape index (κ3) is 6.38. The third-order valence-corrected chi connectivity index (χ3v) is 9.01. The molecule has 0 aliphatic heterocycles. The standard InChI is InChI=1S/C31H38N2O5S/c1-6-28(25-12-11-23-9-7-8-10-24(23)18-25)32-31(34)20-33(26-16-21(2)15-22(3)17-26)39(35,36)27-13-14-29(37-4)30(19-27)38-5/h11-19,28H,6-10,20H2,1-5H3,(H,32,34)/t28-/m0/s1. The van der Waals surface area contributed by atoms with Crippen molar-refractivity contribution in [3.8, 4) is 11.5 Å².